The Labute approximate surface area is 83.9 Å². The lowest BCUT2D eigenvalue weighted by molar-refractivity contribution is -0.127. The van der Waals surface area contributed by atoms with Crippen LogP contribution in [-0.2, 0) is 11.2 Å². The van der Waals surface area contributed by atoms with E-state index in [0.29, 0.717) is 0 Å². The first-order valence-corrected chi connectivity index (χ1v) is 4.02. The maximum Gasteiger partial charge on any atom is 0.393 e. The van der Waals surface area contributed by atoms with Crippen molar-refractivity contribution in [2.45, 2.75) is 12.6 Å². The highest BCUT2D eigenvalue weighted by atomic mass is 19.4. The van der Waals surface area contributed by atoms with Crippen molar-refractivity contribution in [3.05, 3.63) is 29.6 Å². The molecule has 0 amide bonds. The molecule has 0 spiro atoms. The summed E-state index contributed by atoms with van der Waals surface area (Å²) in [6.45, 7) is 0. The fourth-order valence-electron chi connectivity index (χ4n) is 0.986. The minimum Gasteiger partial charge on any atom is -0.464 e. The molecule has 3 nitrogen and oxygen atoms in total. The van der Waals surface area contributed by atoms with Crippen LogP contribution in [0.25, 0.3) is 0 Å². The molecule has 0 aliphatic heterocycles. The molecule has 0 fully saturated rings. The van der Waals surface area contributed by atoms with Gasteiger partial charge in [0.15, 0.2) is 0 Å². The largest absolute Gasteiger partial charge is 0.464 e. The molecule has 0 aliphatic carbocycles. The number of nitrogens with zero attached hydrogens (tertiary/aromatic N) is 1. The molecule has 0 atom stereocenters. The number of carbonyl (C=O) groups is 1. The molecule has 1 heterocycles. The van der Waals surface area contributed by atoms with Crippen LogP contribution in [0.3, 0.4) is 0 Å². The number of esters is 1. The minimum absolute atomic E-state index is 0.00940. The SMILES string of the molecule is COC(=O)c1ccc(CC(F)(F)F)cn1. The van der Waals surface area contributed by atoms with Gasteiger partial charge in [-0.25, -0.2) is 9.78 Å². The van der Waals surface area contributed by atoms with Gasteiger partial charge in [0.1, 0.15) is 5.69 Å². The number of halogens is 3. The molecule has 0 aliphatic rings. The Morgan fingerprint density at radius 1 is 1.47 bits per heavy atom. The van der Waals surface area contributed by atoms with Crippen LogP contribution in [0.5, 0.6) is 0 Å². The highest BCUT2D eigenvalue weighted by molar-refractivity contribution is 5.86. The lowest BCUT2D eigenvalue weighted by Crippen LogP contribution is -2.12. The van der Waals surface area contributed by atoms with Crippen LogP contribution in [0.4, 0.5) is 13.2 Å². The predicted octanol–water partition coefficient (Wildman–Crippen LogP) is 1.97. The van der Waals surface area contributed by atoms with Crippen molar-refractivity contribution < 1.29 is 22.7 Å². The summed E-state index contributed by atoms with van der Waals surface area (Å²) in [5.74, 6) is -0.673. The minimum atomic E-state index is -4.27. The second kappa shape index (κ2) is 4.29. The molecular formula is C9H8F3NO2. The summed E-state index contributed by atoms with van der Waals surface area (Å²) in [7, 11) is 1.17. The molecule has 0 saturated carbocycles. The maximum absolute atomic E-state index is 11.9. The Morgan fingerprint density at radius 2 is 2.13 bits per heavy atom. The quantitative estimate of drug-likeness (QED) is 0.714. The van der Waals surface area contributed by atoms with Gasteiger partial charge >= 0.3 is 12.1 Å². The molecular weight excluding hydrogens is 211 g/mol. The van der Waals surface area contributed by atoms with E-state index >= 15 is 0 Å². The normalized spacial score (nSPS) is 11.2. The maximum atomic E-state index is 11.9. The van der Waals surface area contributed by atoms with E-state index in [1.807, 2.05) is 0 Å². The van der Waals surface area contributed by atoms with Gasteiger partial charge in [0, 0.05) is 6.20 Å². The highest BCUT2D eigenvalue weighted by Crippen LogP contribution is 2.20. The van der Waals surface area contributed by atoms with Gasteiger partial charge < -0.3 is 4.74 Å². The number of alkyl halides is 3. The number of rotatable bonds is 2. The number of carbonyl (C=O) groups excluding carboxylic acids is 1. The molecule has 82 valence electrons. The van der Waals surface area contributed by atoms with E-state index in [1.54, 1.807) is 0 Å². The van der Waals surface area contributed by atoms with Gasteiger partial charge in [0.05, 0.1) is 13.5 Å². The van der Waals surface area contributed by atoms with E-state index in [0.717, 1.165) is 6.20 Å². The van der Waals surface area contributed by atoms with Crippen LogP contribution < -0.4 is 0 Å². The van der Waals surface area contributed by atoms with Crippen molar-refractivity contribution in [3.8, 4) is 0 Å². The zero-order valence-electron chi connectivity index (χ0n) is 7.84. The highest BCUT2D eigenvalue weighted by Gasteiger charge is 2.27. The first-order chi connectivity index (χ1) is 6.92. The Morgan fingerprint density at radius 3 is 2.53 bits per heavy atom. The molecule has 0 radical (unpaired) electrons. The molecule has 1 aromatic heterocycles. The fraction of sp³-hybridized carbons (Fsp3) is 0.333. The molecule has 15 heavy (non-hydrogen) atoms. The summed E-state index contributed by atoms with van der Waals surface area (Å²) in [6, 6.07) is 2.40. The first-order valence-electron chi connectivity index (χ1n) is 4.02. The first kappa shape index (κ1) is 11.5. The molecule has 1 rings (SSSR count). The van der Waals surface area contributed by atoms with Gasteiger partial charge in [0.2, 0.25) is 0 Å². The number of ether oxygens (including phenoxy) is 1. The summed E-state index contributed by atoms with van der Waals surface area (Å²) >= 11 is 0. The fourth-order valence-corrected chi connectivity index (χ4v) is 0.986. The Kier molecular flexibility index (Phi) is 3.28. The zero-order chi connectivity index (χ0) is 11.5. The van der Waals surface area contributed by atoms with Gasteiger partial charge in [-0.05, 0) is 11.6 Å². The topological polar surface area (TPSA) is 39.2 Å². The third kappa shape index (κ3) is 3.57. The van der Waals surface area contributed by atoms with Crippen LogP contribution >= 0.6 is 0 Å². The Hall–Kier alpha value is -1.59. The monoisotopic (exact) mass is 219 g/mol. The number of hydrogen-bond donors (Lipinski definition) is 0. The average molecular weight is 219 g/mol. The van der Waals surface area contributed by atoms with E-state index in [1.165, 1.54) is 19.2 Å². The van der Waals surface area contributed by atoms with Gasteiger partial charge in [-0.1, -0.05) is 6.07 Å². The molecule has 0 saturated heterocycles. The molecule has 0 unspecified atom stereocenters. The van der Waals surface area contributed by atoms with Crippen LogP contribution in [0.2, 0.25) is 0 Å². The third-order valence-corrected chi connectivity index (χ3v) is 1.62. The Balaban J connectivity index is 2.77. The molecule has 0 aromatic carbocycles. The van der Waals surface area contributed by atoms with Gasteiger partial charge in [-0.2, -0.15) is 13.2 Å². The smallest absolute Gasteiger partial charge is 0.393 e. The number of methoxy groups -OCH3 is 1. The second-order valence-electron chi connectivity index (χ2n) is 2.84. The van der Waals surface area contributed by atoms with E-state index in [2.05, 4.69) is 9.72 Å². The van der Waals surface area contributed by atoms with E-state index < -0.39 is 18.6 Å². The van der Waals surface area contributed by atoms with Crippen molar-refractivity contribution in [3.63, 3.8) is 0 Å². The van der Waals surface area contributed by atoms with Crippen molar-refractivity contribution in [1.29, 1.82) is 0 Å². The van der Waals surface area contributed by atoms with Crippen molar-refractivity contribution in [1.82, 2.24) is 4.98 Å². The van der Waals surface area contributed by atoms with Crippen LogP contribution in [0.1, 0.15) is 16.1 Å². The van der Waals surface area contributed by atoms with Crippen molar-refractivity contribution >= 4 is 5.97 Å². The number of aromatic nitrogens is 1. The second-order valence-corrected chi connectivity index (χ2v) is 2.84. The van der Waals surface area contributed by atoms with Crippen molar-refractivity contribution in [2.75, 3.05) is 7.11 Å². The summed E-state index contributed by atoms with van der Waals surface area (Å²) < 4.78 is 40.2. The average Bonchev–Trinajstić information content (AvgIpc) is 2.15. The van der Waals surface area contributed by atoms with Crippen LogP contribution in [0.15, 0.2) is 18.3 Å². The lowest BCUT2D eigenvalue weighted by atomic mass is 10.2. The third-order valence-electron chi connectivity index (χ3n) is 1.62. The number of hydrogen-bond acceptors (Lipinski definition) is 3. The van der Waals surface area contributed by atoms with E-state index in [-0.39, 0.29) is 11.3 Å². The van der Waals surface area contributed by atoms with Gasteiger partial charge in [-0.15, -0.1) is 0 Å². The van der Waals surface area contributed by atoms with E-state index in [9.17, 15) is 18.0 Å². The Bertz CT molecular complexity index is 345. The molecule has 6 heteroatoms. The van der Waals surface area contributed by atoms with E-state index in [4.69, 9.17) is 0 Å². The van der Waals surface area contributed by atoms with Gasteiger partial charge in [0.25, 0.3) is 0 Å². The van der Waals surface area contributed by atoms with Crippen LogP contribution in [-0.4, -0.2) is 24.2 Å². The summed E-state index contributed by atoms with van der Waals surface area (Å²) in [5, 5.41) is 0. The molecule has 0 N–H and O–H groups in total. The van der Waals surface area contributed by atoms with Crippen LogP contribution in [0, 0.1) is 0 Å². The lowest BCUT2D eigenvalue weighted by Gasteiger charge is -2.05. The standard InChI is InChI=1S/C9H8F3NO2/c1-15-8(14)7-3-2-6(5-13-7)4-9(10,11)12/h2-3,5H,4H2,1H3. The summed E-state index contributed by atoms with van der Waals surface area (Å²) in [4.78, 5) is 14.5. The molecule has 1 aromatic rings. The number of pyridine rings is 1. The van der Waals surface area contributed by atoms with Gasteiger partial charge in [-0.3, -0.25) is 0 Å². The molecule has 0 bridgehead atoms. The zero-order valence-corrected chi connectivity index (χ0v) is 7.84. The van der Waals surface area contributed by atoms with Crippen molar-refractivity contribution in [2.24, 2.45) is 0 Å². The summed E-state index contributed by atoms with van der Waals surface area (Å²) in [5.41, 5.74) is -0.00132. The summed E-state index contributed by atoms with van der Waals surface area (Å²) in [6.07, 6.45) is -4.31. The predicted molar refractivity (Wildman–Crippen MR) is 45.3 cm³/mol.